The quantitative estimate of drug-likeness (QED) is 0.657. The minimum Gasteiger partial charge on any atom is -0.374 e. The summed E-state index contributed by atoms with van der Waals surface area (Å²) in [5.41, 5.74) is 4.70. The summed E-state index contributed by atoms with van der Waals surface area (Å²) in [5, 5.41) is 0. The van der Waals surface area contributed by atoms with E-state index < -0.39 is 0 Å². The van der Waals surface area contributed by atoms with Crippen LogP contribution in [0.2, 0.25) is 0 Å². The molecule has 1 aliphatic heterocycles. The number of piperidine rings is 1. The van der Waals surface area contributed by atoms with Crippen LogP contribution in [0.4, 0.5) is 4.39 Å². The highest BCUT2D eigenvalue weighted by Gasteiger charge is 2.36. The van der Waals surface area contributed by atoms with Crippen molar-refractivity contribution in [2.24, 2.45) is 0 Å². The molecular weight excluding hydrogens is 363 g/mol. The molecule has 0 N–H and O–H groups in total. The Kier molecular flexibility index (Phi) is 6.31. The first-order valence-electron chi connectivity index (χ1n) is 11.0. The molecule has 1 aromatic heterocycles. The van der Waals surface area contributed by atoms with Crippen LogP contribution in [0.15, 0.2) is 36.4 Å². The highest BCUT2D eigenvalue weighted by molar-refractivity contribution is 5.27. The first kappa shape index (κ1) is 20.5. The number of ether oxygens (including phenoxy) is 1. The number of likely N-dealkylation sites (tertiary alicyclic amines) is 1. The van der Waals surface area contributed by atoms with Gasteiger partial charge in [-0.25, -0.2) is 4.39 Å². The summed E-state index contributed by atoms with van der Waals surface area (Å²) in [6, 6.07) is 11.4. The predicted molar refractivity (Wildman–Crippen MR) is 115 cm³/mol. The van der Waals surface area contributed by atoms with Gasteiger partial charge in [-0.15, -0.1) is 0 Å². The van der Waals surface area contributed by atoms with Gasteiger partial charge in [0, 0.05) is 17.0 Å². The van der Waals surface area contributed by atoms with Crippen molar-refractivity contribution in [3.63, 3.8) is 0 Å². The Morgan fingerprint density at radius 2 is 1.79 bits per heavy atom. The maximum absolute atomic E-state index is 13.5. The zero-order valence-electron chi connectivity index (χ0n) is 17.8. The van der Waals surface area contributed by atoms with E-state index in [-0.39, 0.29) is 11.2 Å². The van der Waals surface area contributed by atoms with Gasteiger partial charge >= 0.3 is 0 Å². The lowest BCUT2D eigenvalue weighted by atomic mass is 9.73. The van der Waals surface area contributed by atoms with E-state index in [4.69, 9.17) is 9.72 Å². The summed E-state index contributed by atoms with van der Waals surface area (Å²) in [5.74, 6) is 0.439. The van der Waals surface area contributed by atoms with Crippen LogP contribution in [-0.4, -0.2) is 36.6 Å². The van der Waals surface area contributed by atoms with Crippen LogP contribution in [0.3, 0.4) is 0 Å². The summed E-state index contributed by atoms with van der Waals surface area (Å²) in [4.78, 5) is 7.29. The fourth-order valence-electron chi connectivity index (χ4n) is 4.99. The maximum atomic E-state index is 13.5. The molecule has 2 heterocycles. The first-order chi connectivity index (χ1) is 14.0. The largest absolute Gasteiger partial charge is 0.374 e. The number of pyridine rings is 1. The van der Waals surface area contributed by atoms with Crippen molar-refractivity contribution in [2.75, 3.05) is 26.7 Å². The zero-order chi connectivity index (χ0) is 20.3. The van der Waals surface area contributed by atoms with Gasteiger partial charge in [0.15, 0.2) is 0 Å². The van der Waals surface area contributed by atoms with Gasteiger partial charge in [0.05, 0.1) is 18.9 Å². The second-order valence-corrected chi connectivity index (χ2v) is 9.13. The van der Waals surface area contributed by atoms with E-state index >= 15 is 0 Å². The molecule has 0 amide bonds. The van der Waals surface area contributed by atoms with Crippen LogP contribution in [0.5, 0.6) is 0 Å². The second kappa shape index (κ2) is 8.93. The molecule has 29 heavy (non-hydrogen) atoms. The summed E-state index contributed by atoms with van der Waals surface area (Å²) in [6.45, 7) is 5.42. The fraction of sp³-hybridized carbons (Fsp3) is 0.560. The van der Waals surface area contributed by atoms with E-state index in [0.717, 1.165) is 31.6 Å². The van der Waals surface area contributed by atoms with Gasteiger partial charge in [-0.2, -0.15) is 0 Å². The molecule has 4 heteroatoms. The highest BCUT2D eigenvalue weighted by atomic mass is 19.1. The fourth-order valence-corrected chi connectivity index (χ4v) is 4.99. The molecule has 0 atom stereocenters. The van der Waals surface area contributed by atoms with E-state index in [1.54, 1.807) is 12.1 Å². The van der Waals surface area contributed by atoms with Crippen molar-refractivity contribution in [3.05, 3.63) is 64.7 Å². The molecule has 0 unspecified atom stereocenters. The highest BCUT2D eigenvalue weighted by Crippen LogP contribution is 2.36. The molecule has 0 radical (unpaired) electrons. The summed E-state index contributed by atoms with van der Waals surface area (Å²) < 4.78 is 19.8. The van der Waals surface area contributed by atoms with Gasteiger partial charge in [-0.05, 0) is 88.1 Å². The van der Waals surface area contributed by atoms with Gasteiger partial charge in [0.2, 0.25) is 0 Å². The average molecular weight is 397 g/mol. The van der Waals surface area contributed by atoms with Crippen molar-refractivity contribution < 1.29 is 9.13 Å². The summed E-state index contributed by atoms with van der Waals surface area (Å²) in [7, 11) is 2.16. The third-order valence-corrected chi connectivity index (χ3v) is 6.85. The number of benzene rings is 1. The molecule has 0 bridgehead atoms. The smallest absolute Gasteiger partial charge is 0.123 e. The molecule has 2 fully saturated rings. The molecule has 2 aliphatic rings. The van der Waals surface area contributed by atoms with Crippen molar-refractivity contribution in [3.8, 4) is 0 Å². The standard InChI is InChI=1S/C25H33FN2O/c1-19-15-23(27-24(16-19)20-5-3-4-6-20)17-29-18-25(11-13-28(2)14-12-25)21-7-9-22(26)10-8-21/h7-10,15-16,20H,3-6,11-14,17-18H2,1-2H3. The first-order valence-corrected chi connectivity index (χ1v) is 11.0. The summed E-state index contributed by atoms with van der Waals surface area (Å²) in [6.07, 6.45) is 7.23. The molecule has 1 aliphatic carbocycles. The molecule has 2 aromatic rings. The summed E-state index contributed by atoms with van der Waals surface area (Å²) >= 11 is 0. The van der Waals surface area contributed by atoms with Crippen molar-refractivity contribution in [2.45, 2.75) is 63.4 Å². The third kappa shape index (κ3) is 4.87. The van der Waals surface area contributed by atoms with Crippen LogP contribution >= 0.6 is 0 Å². The SMILES string of the molecule is Cc1cc(COCC2(c3ccc(F)cc3)CCN(C)CC2)nc(C2CCCC2)c1. The van der Waals surface area contributed by atoms with Crippen molar-refractivity contribution in [1.82, 2.24) is 9.88 Å². The Morgan fingerprint density at radius 1 is 1.10 bits per heavy atom. The Morgan fingerprint density at radius 3 is 2.48 bits per heavy atom. The van der Waals surface area contributed by atoms with Crippen LogP contribution in [0.25, 0.3) is 0 Å². The van der Waals surface area contributed by atoms with Gasteiger partial charge < -0.3 is 9.64 Å². The number of nitrogens with zero attached hydrogens (tertiary/aromatic N) is 2. The van der Waals surface area contributed by atoms with Gasteiger partial charge in [-0.3, -0.25) is 4.98 Å². The average Bonchev–Trinajstić information content (AvgIpc) is 3.25. The van der Waals surface area contributed by atoms with Crippen LogP contribution < -0.4 is 0 Å². The molecular formula is C25H33FN2O. The van der Waals surface area contributed by atoms with E-state index in [9.17, 15) is 4.39 Å². The van der Waals surface area contributed by atoms with Crippen molar-refractivity contribution in [1.29, 1.82) is 0 Å². The second-order valence-electron chi connectivity index (χ2n) is 9.13. The van der Waals surface area contributed by atoms with E-state index in [2.05, 4.69) is 31.0 Å². The van der Waals surface area contributed by atoms with Gasteiger partial charge in [0.1, 0.15) is 5.82 Å². The number of hydrogen-bond acceptors (Lipinski definition) is 3. The van der Waals surface area contributed by atoms with E-state index in [0.29, 0.717) is 19.1 Å². The lowest BCUT2D eigenvalue weighted by Crippen LogP contribution is -2.43. The minimum atomic E-state index is -0.179. The van der Waals surface area contributed by atoms with Crippen molar-refractivity contribution >= 4 is 0 Å². The minimum absolute atomic E-state index is 0.0433. The van der Waals surface area contributed by atoms with Crippen LogP contribution in [0.1, 0.15) is 67.0 Å². The number of aromatic nitrogens is 1. The molecule has 4 rings (SSSR count). The zero-order valence-corrected chi connectivity index (χ0v) is 17.8. The molecule has 3 nitrogen and oxygen atoms in total. The Bertz CT molecular complexity index is 806. The third-order valence-electron chi connectivity index (χ3n) is 6.85. The van der Waals surface area contributed by atoms with Gasteiger partial charge in [0.25, 0.3) is 0 Å². The topological polar surface area (TPSA) is 25.4 Å². The Hall–Kier alpha value is -1.78. The number of rotatable bonds is 6. The Labute approximate surface area is 174 Å². The molecule has 0 spiro atoms. The maximum Gasteiger partial charge on any atom is 0.123 e. The van der Waals surface area contributed by atoms with Crippen LogP contribution in [-0.2, 0) is 16.8 Å². The number of aryl methyl sites for hydroxylation is 1. The Balaban J connectivity index is 1.46. The monoisotopic (exact) mass is 396 g/mol. The normalized spacial score (nSPS) is 20.2. The lowest BCUT2D eigenvalue weighted by Gasteiger charge is -2.41. The van der Waals surface area contributed by atoms with Gasteiger partial charge in [-0.1, -0.05) is 25.0 Å². The van der Waals surface area contributed by atoms with E-state index in [1.165, 1.54) is 42.5 Å². The lowest BCUT2D eigenvalue weighted by molar-refractivity contribution is 0.0393. The number of hydrogen-bond donors (Lipinski definition) is 0. The number of halogens is 1. The van der Waals surface area contributed by atoms with Crippen LogP contribution in [0, 0.1) is 12.7 Å². The molecule has 1 saturated carbocycles. The molecule has 1 saturated heterocycles. The van der Waals surface area contributed by atoms with E-state index in [1.807, 2.05) is 12.1 Å². The predicted octanol–water partition coefficient (Wildman–Crippen LogP) is 5.37. The molecule has 156 valence electrons. The molecule has 1 aromatic carbocycles.